The summed E-state index contributed by atoms with van der Waals surface area (Å²) in [6, 6.07) is 8.47. The maximum Gasteiger partial charge on any atom is 0.0724 e. The number of anilines is 2. The molecule has 2 aromatic rings. The van der Waals surface area contributed by atoms with E-state index in [9.17, 15) is 0 Å². The first-order valence-corrected chi connectivity index (χ1v) is 6.67. The van der Waals surface area contributed by atoms with Gasteiger partial charge in [-0.2, -0.15) is 0 Å². The number of benzene rings is 1. The largest absolute Gasteiger partial charge is 0.397 e. The van der Waals surface area contributed by atoms with Crippen LogP contribution >= 0.6 is 0 Å². The van der Waals surface area contributed by atoms with Crippen molar-refractivity contribution in [3.63, 3.8) is 0 Å². The first-order chi connectivity index (χ1) is 9.09. The van der Waals surface area contributed by atoms with Crippen molar-refractivity contribution < 1.29 is 0 Å². The van der Waals surface area contributed by atoms with E-state index in [1.165, 1.54) is 0 Å². The molecule has 1 aromatic carbocycles. The summed E-state index contributed by atoms with van der Waals surface area (Å²) in [5, 5.41) is 4.40. The molecule has 1 aromatic heterocycles. The topological polar surface area (TPSA) is 54.2 Å². The summed E-state index contributed by atoms with van der Waals surface area (Å²) in [5.74, 6) is 0. The van der Waals surface area contributed by atoms with E-state index in [2.05, 4.69) is 36.1 Å². The fraction of sp³-hybridized carbons (Fsp3) is 0.400. The van der Waals surface area contributed by atoms with Gasteiger partial charge < -0.3 is 16.0 Å². The molecule has 0 aliphatic carbocycles. The van der Waals surface area contributed by atoms with Crippen LogP contribution in [-0.2, 0) is 0 Å². The normalized spacial score (nSPS) is 11.4. The van der Waals surface area contributed by atoms with Gasteiger partial charge in [0.1, 0.15) is 0 Å². The van der Waals surface area contributed by atoms with Gasteiger partial charge in [0.25, 0.3) is 0 Å². The lowest BCUT2D eigenvalue weighted by Gasteiger charge is -2.21. The predicted octanol–water partition coefficient (Wildman–Crippen LogP) is 2.57. The lowest BCUT2D eigenvalue weighted by atomic mass is 10.1. The first kappa shape index (κ1) is 13.6. The molecule has 0 amide bonds. The van der Waals surface area contributed by atoms with Crippen molar-refractivity contribution in [3.05, 3.63) is 30.5 Å². The number of nitrogens with zero attached hydrogens (tertiary/aromatic N) is 2. The van der Waals surface area contributed by atoms with Crippen LogP contribution in [0.3, 0.4) is 0 Å². The summed E-state index contributed by atoms with van der Waals surface area (Å²) in [6.07, 6.45) is 1.78. The standard InChI is InChI=1S/C15H22N4/c1-11(2)19(3)10-9-18-14-7-6-13-12(15(14)16)5-4-8-17-13/h4-8,11,18H,9-10,16H2,1-3H3. The van der Waals surface area contributed by atoms with E-state index >= 15 is 0 Å². The Morgan fingerprint density at radius 2 is 2.11 bits per heavy atom. The smallest absolute Gasteiger partial charge is 0.0724 e. The highest BCUT2D eigenvalue weighted by atomic mass is 15.1. The molecule has 102 valence electrons. The number of fused-ring (bicyclic) bond motifs is 1. The molecule has 4 heteroatoms. The van der Waals surface area contributed by atoms with Crippen LogP contribution in [0, 0.1) is 0 Å². The Bertz CT molecular complexity index is 551. The molecule has 0 radical (unpaired) electrons. The lowest BCUT2D eigenvalue weighted by molar-refractivity contribution is 0.284. The molecule has 0 fully saturated rings. The second-order valence-corrected chi connectivity index (χ2v) is 5.10. The molecule has 0 spiro atoms. The maximum absolute atomic E-state index is 6.18. The van der Waals surface area contributed by atoms with Crippen molar-refractivity contribution in [1.82, 2.24) is 9.88 Å². The van der Waals surface area contributed by atoms with Gasteiger partial charge in [-0.3, -0.25) is 4.98 Å². The van der Waals surface area contributed by atoms with Gasteiger partial charge in [-0.05, 0) is 45.2 Å². The van der Waals surface area contributed by atoms with Crippen LogP contribution in [0.5, 0.6) is 0 Å². The number of hydrogen-bond acceptors (Lipinski definition) is 4. The van der Waals surface area contributed by atoms with E-state index in [0.29, 0.717) is 6.04 Å². The van der Waals surface area contributed by atoms with Crippen molar-refractivity contribution in [2.75, 3.05) is 31.2 Å². The monoisotopic (exact) mass is 258 g/mol. The highest BCUT2D eigenvalue weighted by molar-refractivity contribution is 5.96. The molecule has 0 saturated carbocycles. The molecule has 3 N–H and O–H groups in total. The van der Waals surface area contributed by atoms with Crippen LogP contribution in [0.15, 0.2) is 30.5 Å². The van der Waals surface area contributed by atoms with Crippen LogP contribution in [-0.4, -0.2) is 36.1 Å². The van der Waals surface area contributed by atoms with Gasteiger partial charge in [0.05, 0.1) is 16.9 Å². The lowest BCUT2D eigenvalue weighted by Crippen LogP contribution is -2.31. The summed E-state index contributed by atoms with van der Waals surface area (Å²) < 4.78 is 0. The van der Waals surface area contributed by atoms with Crippen LogP contribution < -0.4 is 11.1 Å². The van der Waals surface area contributed by atoms with Crippen LogP contribution in [0.2, 0.25) is 0 Å². The summed E-state index contributed by atoms with van der Waals surface area (Å²) in [4.78, 5) is 6.60. The van der Waals surface area contributed by atoms with Gasteiger partial charge >= 0.3 is 0 Å². The zero-order valence-corrected chi connectivity index (χ0v) is 11.9. The predicted molar refractivity (Wildman–Crippen MR) is 82.4 cm³/mol. The number of aromatic nitrogens is 1. The third-order valence-electron chi connectivity index (χ3n) is 3.49. The molecular formula is C15H22N4. The molecule has 4 nitrogen and oxygen atoms in total. The highest BCUT2D eigenvalue weighted by Crippen LogP contribution is 2.27. The molecule has 0 aliphatic heterocycles. The molecule has 0 atom stereocenters. The van der Waals surface area contributed by atoms with Gasteiger partial charge in [0, 0.05) is 30.7 Å². The summed E-state index contributed by atoms with van der Waals surface area (Å²) in [5.41, 5.74) is 8.87. The average Bonchev–Trinajstić information content (AvgIpc) is 2.41. The van der Waals surface area contributed by atoms with Gasteiger partial charge in [0.15, 0.2) is 0 Å². The van der Waals surface area contributed by atoms with Crippen molar-refractivity contribution in [2.45, 2.75) is 19.9 Å². The van der Waals surface area contributed by atoms with E-state index < -0.39 is 0 Å². The molecule has 0 unspecified atom stereocenters. The van der Waals surface area contributed by atoms with Crippen LogP contribution in [0.4, 0.5) is 11.4 Å². The van der Waals surface area contributed by atoms with Gasteiger partial charge in [-0.25, -0.2) is 0 Å². The number of nitrogens with one attached hydrogen (secondary N) is 1. The summed E-state index contributed by atoms with van der Waals surface area (Å²) >= 11 is 0. The Morgan fingerprint density at radius 3 is 2.84 bits per heavy atom. The number of nitrogen functional groups attached to an aromatic ring is 1. The fourth-order valence-electron chi connectivity index (χ4n) is 1.95. The molecule has 1 heterocycles. The third-order valence-corrected chi connectivity index (χ3v) is 3.49. The number of nitrogens with two attached hydrogens (primary N) is 1. The Kier molecular flexibility index (Phi) is 4.22. The van der Waals surface area contributed by atoms with Gasteiger partial charge in [-0.15, -0.1) is 0 Å². The number of rotatable bonds is 5. The van der Waals surface area contributed by atoms with Crippen LogP contribution in [0.1, 0.15) is 13.8 Å². The van der Waals surface area contributed by atoms with Crippen molar-refractivity contribution in [3.8, 4) is 0 Å². The first-order valence-electron chi connectivity index (χ1n) is 6.67. The quantitative estimate of drug-likeness (QED) is 0.809. The maximum atomic E-state index is 6.18. The minimum absolute atomic E-state index is 0.556. The summed E-state index contributed by atoms with van der Waals surface area (Å²) in [6.45, 7) is 6.25. The van der Waals surface area contributed by atoms with Crippen LogP contribution in [0.25, 0.3) is 10.9 Å². The second-order valence-electron chi connectivity index (χ2n) is 5.10. The van der Waals surface area contributed by atoms with Crippen molar-refractivity contribution in [1.29, 1.82) is 0 Å². The Morgan fingerprint density at radius 1 is 1.32 bits per heavy atom. The van der Waals surface area contributed by atoms with Gasteiger partial charge in [0.2, 0.25) is 0 Å². The highest BCUT2D eigenvalue weighted by Gasteiger charge is 2.06. The van der Waals surface area contributed by atoms with Crippen molar-refractivity contribution in [2.24, 2.45) is 0 Å². The Hall–Kier alpha value is -1.81. The number of pyridine rings is 1. The molecular weight excluding hydrogens is 236 g/mol. The van der Waals surface area contributed by atoms with Gasteiger partial charge in [-0.1, -0.05) is 0 Å². The molecule has 0 saturated heterocycles. The minimum atomic E-state index is 0.556. The Balaban J connectivity index is 2.07. The van der Waals surface area contributed by atoms with Crippen molar-refractivity contribution >= 4 is 22.3 Å². The van der Waals surface area contributed by atoms with E-state index in [-0.39, 0.29) is 0 Å². The average molecular weight is 258 g/mol. The zero-order valence-electron chi connectivity index (χ0n) is 11.9. The molecule has 19 heavy (non-hydrogen) atoms. The second kappa shape index (κ2) is 5.89. The van der Waals surface area contributed by atoms with E-state index in [1.54, 1.807) is 6.20 Å². The third kappa shape index (κ3) is 3.15. The van der Waals surface area contributed by atoms with E-state index in [1.807, 2.05) is 24.3 Å². The number of hydrogen-bond donors (Lipinski definition) is 2. The number of likely N-dealkylation sites (N-methyl/N-ethyl adjacent to an activating group) is 1. The fourth-order valence-corrected chi connectivity index (χ4v) is 1.95. The molecule has 2 rings (SSSR count). The SMILES string of the molecule is CC(C)N(C)CCNc1ccc2ncccc2c1N. The molecule has 0 bridgehead atoms. The summed E-state index contributed by atoms with van der Waals surface area (Å²) in [7, 11) is 2.13. The molecule has 0 aliphatic rings. The van der Waals surface area contributed by atoms with E-state index in [0.717, 1.165) is 35.4 Å². The minimum Gasteiger partial charge on any atom is -0.397 e. The Labute approximate surface area is 114 Å². The zero-order chi connectivity index (χ0) is 13.8. The van der Waals surface area contributed by atoms with E-state index in [4.69, 9.17) is 5.73 Å².